The van der Waals surface area contributed by atoms with Gasteiger partial charge < -0.3 is 5.73 Å². The number of nitrogens with two attached hydrogens (primary N) is 1. The number of thiazole rings is 1. The van der Waals surface area contributed by atoms with Gasteiger partial charge in [-0.15, -0.1) is 11.3 Å². The van der Waals surface area contributed by atoms with Gasteiger partial charge in [0.2, 0.25) is 9.84 Å². The first-order valence-electron chi connectivity index (χ1n) is 5.99. The van der Waals surface area contributed by atoms with E-state index in [1.807, 2.05) is 24.3 Å². The molecule has 0 amide bonds. The van der Waals surface area contributed by atoms with Gasteiger partial charge in [-0.25, -0.2) is 13.4 Å². The van der Waals surface area contributed by atoms with Crippen molar-refractivity contribution in [2.45, 2.75) is 16.5 Å². The molecule has 1 heterocycles. The topological polar surface area (TPSA) is 73.0 Å². The second-order valence-corrected chi connectivity index (χ2v) is 7.14. The number of benzene rings is 2. The van der Waals surface area contributed by atoms with Crippen molar-refractivity contribution >= 4 is 31.9 Å². The second-order valence-electron chi connectivity index (χ2n) is 4.30. The van der Waals surface area contributed by atoms with Crippen molar-refractivity contribution in [1.29, 1.82) is 0 Å². The minimum atomic E-state index is -3.58. The SMILES string of the molecule is NCc1nc(S(=O)(=O)c2ccc3ccccc3c2)cs1. The minimum absolute atomic E-state index is 0.0678. The van der Waals surface area contributed by atoms with Gasteiger partial charge in [0.05, 0.1) is 4.90 Å². The van der Waals surface area contributed by atoms with E-state index < -0.39 is 9.84 Å². The molecule has 0 bridgehead atoms. The highest BCUT2D eigenvalue weighted by Crippen LogP contribution is 2.25. The first kappa shape index (κ1) is 13.2. The summed E-state index contributed by atoms with van der Waals surface area (Å²) in [4.78, 5) is 4.32. The number of hydrogen-bond acceptors (Lipinski definition) is 5. The molecule has 1 aromatic heterocycles. The third-order valence-corrected chi connectivity index (χ3v) is 5.67. The molecular weight excluding hydrogens is 292 g/mol. The maximum Gasteiger partial charge on any atom is 0.224 e. The number of rotatable bonds is 3. The molecule has 0 aliphatic rings. The van der Waals surface area contributed by atoms with E-state index in [1.165, 1.54) is 16.7 Å². The summed E-state index contributed by atoms with van der Waals surface area (Å²) in [5.41, 5.74) is 5.47. The molecule has 0 atom stereocenters. The van der Waals surface area contributed by atoms with Gasteiger partial charge in [0.1, 0.15) is 5.01 Å². The molecule has 0 aliphatic carbocycles. The van der Waals surface area contributed by atoms with Gasteiger partial charge in [0.15, 0.2) is 5.03 Å². The van der Waals surface area contributed by atoms with E-state index in [0.29, 0.717) is 5.01 Å². The van der Waals surface area contributed by atoms with Crippen LogP contribution in [0.15, 0.2) is 57.8 Å². The van der Waals surface area contributed by atoms with Crippen LogP contribution >= 0.6 is 11.3 Å². The predicted octanol–water partition coefficient (Wildman–Crippen LogP) is 2.59. The van der Waals surface area contributed by atoms with Crippen molar-refractivity contribution in [3.63, 3.8) is 0 Å². The van der Waals surface area contributed by atoms with Gasteiger partial charge in [0.25, 0.3) is 0 Å². The molecule has 0 saturated carbocycles. The Morgan fingerprint density at radius 1 is 1.10 bits per heavy atom. The van der Waals surface area contributed by atoms with Gasteiger partial charge in [-0.3, -0.25) is 0 Å². The van der Waals surface area contributed by atoms with Crippen LogP contribution in [0.4, 0.5) is 0 Å². The lowest BCUT2D eigenvalue weighted by atomic mass is 10.1. The van der Waals surface area contributed by atoms with E-state index >= 15 is 0 Å². The van der Waals surface area contributed by atoms with Crippen molar-refractivity contribution in [2.24, 2.45) is 5.73 Å². The Morgan fingerprint density at radius 3 is 2.55 bits per heavy atom. The number of sulfone groups is 1. The van der Waals surface area contributed by atoms with Crippen LogP contribution in [-0.4, -0.2) is 13.4 Å². The number of aromatic nitrogens is 1. The number of fused-ring (bicyclic) bond motifs is 1. The molecule has 3 rings (SSSR count). The van der Waals surface area contributed by atoms with E-state index in [1.54, 1.807) is 18.2 Å². The molecule has 2 aromatic carbocycles. The van der Waals surface area contributed by atoms with Crippen LogP contribution in [-0.2, 0) is 16.4 Å². The summed E-state index contributed by atoms with van der Waals surface area (Å²) in [6.07, 6.45) is 0. The molecule has 6 heteroatoms. The van der Waals surface area contributed by atoms with Crippen molar-refractivity contribution in [1.82, 2.24) is 4.98 Å². The van der Waals surface area contributed by atoms with Crippen LogP contribution in [0.1, 0.15) is 5.01 Å². The van der Waals surface area contributed by atoms with Crippen molar-refractivity contribution in [3.05, 3.63) is 52.9 Å². The van der Waals surface area contributed by atoms with Crippen LogP contribution in [0.25, 0.3) is 10.8 Å². The Hall–Kier alpha value is -1.76. The average Bonchev–Trinajstić information content (AvgIpc) is 2.96. The average molecular weight is 304 g/mol. The Bertz CT molecular complexity index is 870. The predicted molar refractivity (Wildman–Crippen MR) is 79.4 cm³/mol. The molecule has 102 valence electrons. The number of hydrogen-bond donors (Lipinski definition) is 1. The third-order valence-electron chi connectivity index (χ3n) is 3.01. The zero-order chi connectivity index (χ0) is 14.2. The molecular formula is C14H12N2O2S2. The lowest BCUT2D eigenvalue weighted by Crippen LogP contribution is -2.03. The Kier molecular flexibility index (Phi) is 3.29. The Labute approximate surface area is 120 Å². The van der Waals surface area contributed by atoms with Gasteiger partial charge >= 0.3 is 0 Å². The molecule has 20 heavy (non-hydrogen) atoms. The largest absolute Gasteiger partial charge is 0.325 e. The molecule has 4 nitrogen and oxygen atoms in total. The molecule has 0 spiro atoms. The number of nitrogens with zero attached hydrogens (tertiary/aromatic N) is 1. The summed E-state index contributed by atoms with van der Waals surface area (Å²) in [5, 5.41) is 4.12. The summed E-state index contributed by atoms with van der Waals surface area (Å²) >= 11 is 1.26. The van der Waals surface area contributed by atoms with Crippen LogP contribution in [0, 0.1) is 0 Å². The van der Waals surface area contributed by atoms with Crippen molar-refractivity contribution in [2.75, 3.05) is 0 Å². The van der Waals surface area contributed by atoms with Crippen LogP contribution < -0.4 is 5.73 Å². The van der Waals surface area contributed by atoms with Crippen LogP contribution in [0.3, 0.4) is 0 Å². The van der Waals surface area contributed by atoms with E-state index in [0.717, 1.165) is 10.8 Å². The molecule has 0 fully saturated rings. The molecule has 0 unspecified atom stereocenters. The standard InChI is InChI=1S/C14H12N2O2S2/c15-8-13-16-14(9-19-13)20(17,18)12-6-5-10-3-1-2-4-11(10)7-12/h1-7,9H,8,15H2. The Balaban J connectivity index is 2.13. The van der Waals surface area contributed by atoms with Crippen molar-refractivity contribution in [3.8, 4) is 0 Å². The molecule has 0 saturated heterocycles. The van der Waals surface area contributed by atoms with Gasteiger partial charge in [-0.05, 0) is 22.9 Å². The van der Waals surface area contributed by atoms with E-state index in [2.05, 4.69) is 4.98 Å². The molecule has 2 N–H and O–H groups in total. The second kappa shape index (κ2) is 4.97. The van der Waals surface area contributed by atoms with Crippen LogP contribution in [0.5, 0.6) is 0 Å². The highest BCUT2D eigenvalue weighted by molar-refractivity contribution is 7.91. The molecule has 0 radical (unpaired) electrons. The Morgan fingerprint density at radius 2 is 1.85 bits per heavy atom. The fourth-order valence-electron chi connectivity index (χ4n) is 1.97. The first-order chi connectivity index (χ1) is 9.61. The fraction of sp³-hybridized carbons (Fsp3) is 0.0714. The summed E-state index contributed by atoms with van der Waals surface area (Å²) in [7, 11) is -3.58. The zero-order valence-electron chi connectivity index (χ0n) is 10.5. The maximum absolute atomic E-state index is 12.5. The van der Waals surface area contributed by atoms with E-state index in [-0.39, 0.29) is 16.5 Å². The smallest absolute Gasteiger partial charge is 0.224 e. The monoisotopic (exact) mass is 304 g/mol. The zero-order valence-corrected chi connectivity index (χ0v) is 12.1. The fourth-order valence-corrected chi connectivity index (χ4v) is 4.21. The molecule has 3 aromatic rings. The van der Waals surface area contributed by atoms with Crippen molar-refractivity contribution < 1.29 is 8.42 Å². The molecule has 0 aliphatic heterocycles. The lowest BCUT2D eigenvalue weighted by molar-refractivity contribution is 0.593. The van der Waals surface area contributed by atoms with E-state index in [4.69, 9.17) is 5.73 Å². The maximum atomic E-state index is 12.5. The minimum Gasteiger partial charge on any atom is -0.325 e. The quantitative estimate of drug-likeness (QED) is 0.807. The van der Waals surface area contributed by atoms with E-state index in [9.17, 15) is 8.42 Å². The summed E-state index contributed by atoms with van der Waals surface area (Å²) in [5.74, 6) is 0. The summed E-state index contributed by atoms with van der Waals surface area (Å²) < 4.78 is 25.0. The normalized spacial score (nSPS) is 11.8. The lowest BCUT2D eigenvalue weighted by Gasteiger charge is -2.03. The first-order valence-corrected chi connectivity index (χ1v) is 8.36. The highest BCUT2D eigenvalue weighted by Gasteiger charge is 2.21. The highest BCUT2D eigenvalue weighted by atomic mass is 32.2. The van der Waals surface area contributed by atoms with Crippen LogP contribution in [0.2, 0.25) is 0 Å². The van der Waals surface area contributed by atoms with Gasteiger partial charge in [0, 0.05) is 11.9 Å². The summed E-state index contributed by atoms with van der Waals surface area (Å²) in [6.45, 7) is 0.248. The summed E-state index contributed by atoms with van der Waals surface area (Å²) in [6, 6.07) is 12.7. The third kappa shape index (κ3) is 2.22. The van der Waals surface area contributed by atoms with Gasteiger partial charge in [-0.1, -0.05) is 30.3 Å². The van der Waals surface area contributed by atoms with Gasteiger partial charge in [-0.2, -0.15) is 0 Å².